The summed E-state index contributed by atoms with van der Waals surface area (Å²) in [5, 5.41) is 3.58. The minimum Gasteiger partial charge on any atom is -0.457 e. The van der Waals surface area contributed by atoms with Gasteiger partial charge in [-0.25, -0.2) is 0 Å². The van der Waals surface area contributed by atoms with Crippen LogP contribution in [0.1, 0.15) is 32.6 Å². The Morgan fingerprint density at radius 2 is 1.67 bits per heavy atom. The molecular weight excluding hydrogens is 258 g/mol. The molecule has 1 N–H and O–H groups in total. The lowest BCUT2D eigenvalue weighted by atomic mass is 9.81. The average Bonchev–Trinajstić information content (AvgIpc) is 2.46. The van der Waals surface area contributed by atoms with Crippen molar-refractivity contribution in [2.45, 2.75) is 38.6 Å². The summed E-state index contributed by atoms with van der Waals surface area (Å²) in [5.74, 6) is 2.68. The van der Waals surface area contributed by atoms with E-state index in [4.69, 9.17) is 4.74 Å². The summed E-state index contributed by atoms with van der Waals surface area (Å²) in [6, 6.07) is 18.6. The fourth-order valence-corrected chi connectivity index (χ4v) is 2.82. The van der Waals surface area contributed by atoms with Crippen molar-refractivity contribution in [3.63, 3.8) is 0 Å². The summed E-state index contributed by atoms with van der Waals surface area (Å²) in [5.41, 5.74) is 1.17. The fraction of sp³-hybridized carbons (Fsp3) is 0.368. The van der Waals surface area contributed by atoms with Gasteiger partial charge >= 0.3 is 0 Å². The summed E-state index contributed by atoms with van der Waals surface area (Å²) >= 11 is 0. The van der Waals surface area contributed by atoms with Gasteiger partial charge in [0, 0.05) is 11.7 Å². The number of anilines is 1. The maximum atomic E-state index is 5.80. The minimum atomic E-state index is 0.538. The Morgan fingerprint density at radius 3 is 2.29 bits per heavy atom. The lowest BCUT2D eigenvalue weighted by Crippen LogP contribution is -2.23. The molecule has 2 heteroatoms. The van der Waals surface area contributed by atoms with Gasteiger partial charge in [0.05, 0.1) is 0 Å². The van der Waals surface area contributed by atoms with Crippen LogP contribution in [-0.2, 0) is 0 Å². The molecule has 2 nitrogen and oxygen atoms in total. The van der Waals surface area contributed by atoms with Gasteiger partial charge in [-0.1, -0.05) is 37.5 Å². The van der Waals surface area contributed by atoms with Crippen LogP contribution in [0.5, 0.6) is 11.5 Å². The number of nitrogens with one attached hydrogen (secondary N) is 1. The molecule has 1 unspecified atom stereocenters. The molecule has 21 heavy (non-hydrogen) atoms. The zero-order chi connectivity index (χ0) is 14.5. The van der Waals surface area contributed by atoms with E-state index in [1.165, 1.54) is 31.4 Å². The van der Waals surface area contributed by atoms with Crippen molar-refractivity contribution in [1.82, 2.24) is 0 Å². The molecule has 1 saturated carbocycles. The third-order valence-electron chi connectivity index (χ3n) is 4.16. The van der Waals surface area contributed by atoms with Gasteiger partial charge in [-0.15, -0.1) is 0 Å². The van der Waals surface area contributed by atoms with E-state index in [9.17, 15) is 0 Å². The van der Waals surface area contributed by atoms with Crippen molar-refractivity contribution in [2.75, 3.05) is 5.32 Å². The Hall–Kier alpha value is -1.96. The molecule has 3 rings (SSSR count). The van der Waals surface area contributed by atoms with Crippen molar-refractivity contribution in [3.8, 4) is 11.5 Å². The van der Waals surface area contributed by atoms with Gasteiger partial charge in [-0.3, -0.25) is 0 Å². The number of hydrogen-bond acceptors (Lipinski definition) is 2. The average molecular weight is 281 g/mol. The molecule has 0 aromatic heterocycles. The summed E-state index contributed by atoms with van der Waals surface area (Å²) in [4.78, 5) is 0. The quantitative estimate of drug-likeness (QED) is 0.758. The molecule has 0 amide bonds. The van der Waals surface area contributed by atoms with Crippen LogP contribution in [0.4, 0.5) is 5.69 Å². The molecule has 2 aromatic carbocycles. The second kappa shape index (κ2) is 6.66. The van der Waals surface area contributed by atoms with Crippen LogP contribution in [0.25, 0.3) is 0 Å². The molecule has 0 saturated heterocycles. The van der Waals surface area contributed by atoms with Crippen LogP contribution in [0, 0.1) is 5.92 Å². The highest BCUT2D eigenvalue weighted by atomic mass is 16.5. The van der Waals surface area contributed by atoms with Gasteiger partial charge in [-0.2, -0.15) is 0 Å². The van der Waals surface area contributed by atoms with E-state index in [-0.39, 0.29) is 0 Å². The van der Waals surface area contributed by atoms with E-state index in [0.717, 1.165) is 17.4 Å². The Balaban J connectivity index is 1.53. The van der Waals surface area contributed by atoms with E-state index in [1.54, 1.807) is 0 Å². The molecule has 1 atom stereocenters. The Morgan fingerprint density at radius 1 is 1.00 bits per heavy atom. The first-order valence-corrected chi connectivity index (χ1v) is 7.89. The van der Waals surface area contributed by atoms with E-state index in [2.05, 4.69) is 24.4 Å². The summed E-state index contributed by atoms with van der Waals surface area (Å²) in [6.45, 7) is 2.27. The topological polar surface area (TPSA) is 21.3 Å². The van der Waals surface area contributed by atoms with Gasteiger partial charge in [0.2, 0.25) is 0 Å². The number of benzene rings is 2. The van der Waals surface area contributed by atoms with Crippen LogP contribution < -0.4 is 10.1 Å². The van der Waals surface area contributed by atoms with Crippen LogP contribution >= 0.6 is 0 Å². The lowest BCUT2D eigenvalue weighted by Gasteiger charge is -2.28. The molecule has 0 heterocycles. The highest BCUT2D eigenvalue weighted by molar-refractivity contribution is 5.47. The largest absolute Gasteiger partial charge is 0.457 e. The van der Waals surface area contributed by atoms with E-state index >= 15 is 0 Å². The van der Waals surface area contributed by atoms with E-state index in [0.29, 0.717) is 6.04 Å². The molecule has 0 radical (unpaired) electrons. The van der Waals surface area contributed by atoms with Crippen LogP contribution in [0.2, 0.25) is 0 Å². The maximum absolute atomic E-state index is 5.80. The Kier molecular flexibility index (Phi) is 4.44. The molecular formula is C19H23NO. The van der Waals surface area contributed by atoms with Gasteiger partial charge in [-0.05, 0) is 55.7 Å². The van der Waals surface area contributed by atoms with Gasteiger partial charge in [0.25, 0.3) is 0 Å². The molecule has 2 aromatic rings. The molecule has 110 valence electrons. The molecule has 1 aliphatic carbocycles. The number of para-hydroxylation sites is 1. The molecule has 1 aliphatic rings. The second-order valence-corrected chi connectivity index (χ2v) is 6.02. The minimum absolute atomic E-state index is 0.538. The van der Waals surface area contributed by atoms with Crippen molar-refractivity contribution in [3.05, 3.63) is 54.6 Å². The van der Waals surface area contributed by atoms with Crippen LogP contribution in [-0.4, -0.2) is 6.04 Å². The van der Waals surface area contributed by atoms with Gasteiger partial charge < -0.3 is 10.1 Å². The lowest BCUT2D eigenvalue weighted by molar-refractivity contribution is 0.286. The summed E-state index contributed by atoms with van der Waals surface area (Å²) in [7, 11) is 0. The first kappa shape index (κ1) is 14.0. The zero-order valence-corrected chi connectivity index (χ0v) is 12.6. The first-order chi connectivity index (χ1) is 10.3. The van der Waals surface area contributed by atoms with Gasteiger partial charge in [0.15, 0.2) is 0 Å². The van der Waals surface area contributed by atoms with Crippen molar-refractivity contribution < 1.29 is 4.74 Å². The Bertz CT molecular complexity index is 546. The van der Waals surface area contributed by atoms with Crippen molar-refractivity contribution in [1.29, 1.82) is 0 Å². The molecule has 0 spiro atoms. The van der Waals surface area contributed by atoms with Crippen molar-refractivity contribution in [2.24, 2.45) is 5.92 Å². The SMILES string of the molecule is CC(CC1CCC1)Nc1ccc(Oc2ccccc2)cc1. The highest BCUT2D eigenvalue weighted by Crippen LogP contribution is 2.31. The molecule has 1 fully saturated rings. The van der Waals surface area contributed by atoms with E-state index in [1.807, 2.05) is 42.5 Å². The fourth-order valence-electron chi connectivity index (χ4n) is 2.82. The highest BCUT2D eigenvalue weighted by Gasteiger charge is 2.19. The maximum Gasteiger partial charge on any atom is 0.127 e. The van der Waals surface area contributed by atoms with Gasteiger partial charge in [0.1, 0.15) is 11.5 Å². The number of rotatable bonds is 6. The van der Waals surface area contributed by atoms with Crippen LogP contribution in [0.15, 0.2) is 54.6 Å². The van der Waals surface area contributed by atoms with Crippen LogP contribution in [0.3, 0.4) is 0 Å². The summed E-state index contributed by atoms with van der Waals surface area (Å²) in [6.07, 6.45) is 5.52. The predicted octanol–water partition coefficient (Wildman–Crippen LogP) is 5.47. The first-order valence-electron chi connectivity index (χ1n) is 7.89. The Labute approximate surface area is 127 Å². The normalized spacial score (nSPS) is 16.0. The standard InChI is InChI=1S/C19H23NO/c1-15(14-16-6-5-7-16)20-17-10-12-19(13-11-17)21-18-8-3-2-4-9-18/h2-4,8-13,15-16,20H,5-7,14H2,1H3. The molecule has 0 bridgehead atoms. The van der Waals surface area contributed by atoms with Crippen molar-refractivity contribution >= 4 is 5.69 Å². The second-order valence-electron chi connectivity index (χ2n) is 6.02. The predicted molar refractivity (Wildman–Crippen MR) is 88.0 cm³/mol. The summed E-state index contributed by atoms with van der Waals surface area (Å²) < 4.78 is 5.80. The van der Waals surface area contributed by atoms with E-state index < -0.39 is 0 Å². The number of ether oxygens (including phenoxy) is 1. The molecule has 0 aliphatic heterocycles. The third-order valence-corrected chi connectivity index (χ3v) is 4.16. The monoisotopic (exact) mass is 281 g/mol. The zero-order valence-electron chi connectivity index (χ0n) is 12.6. The smallest absolute Gasteiger partial charge is 0.127 e. The number of hydrogen-bond donors (Lipinski definition) is 1. The third kappa shape index (κ3) is 4.01.